The molecule has 1 saturated heterocycles. The van der Waals surface area contributed by atoms with E-state index in [4.69, 9.17) is 21.1 Å². The van der Waals surface area contributed by atoms with Crippen molar-refractivity contribution in [2.75, 3.05) is 26.3 Å². The van der Waals surface area contributed by atoms with Crippen molar-refractivity contribution in [2.45, 2.75) is 25.5 Å². The zero-order valence-electron chi connectivity index (χ0n) is 14.1. The van der Waals surface area contributed by atoms with Gasteiger partial charge in [-0.15, -0.1) is 0 Å². The van der Waals surface area contributed by atoms with Gasteiger partial charge in [-0.25, -0.2) is 0 Å². The molecule has 25 heavy (non-hydrogen) atoms. The lowest BCUT2D eigenvalue weighted by atomic mass is 10.0. The summed E-state index contributed by atoms with van der Waals surface area (Å²) in [6.45, 7) is 3.93. The van der Waals surface area contributed by atoms with Crippen LogP contribution in [-0.2, 0) is 11.3 Å². The molecule has 5 heteroatoms. The molecule has 2 aromatic rings. The number of halogens is 1. The number of hydrogen-bond donors (Lipinski definition) is 1. The van der Waals surface area contributed by atoms with E-state index in [2.05, 4.69) is 11.0 Å². The van der Waals surface area contributed by atoms with Crippen LogP contribution >= 0.6 is 11.6 Å². The van der Waals surface area contributed by atoms with Gasteiger partial charge in [-0.3, -0.25) is 4.90 Å². The summed E-state index contributed by atoms with van der Waals surface area (Å²) in [7, 11) is 0. The molecule has 2 heterocycles. The quantitative estimate of drug-likeness (QED) is 0.896. The molecule has 1 atom stereocenters. The number of rotatable bonds is 3. The van der Waals surface area contributed by atoms with Gasteiger partial charge in [-0.05, 0) is 48.2 Å². The number of benzene rings is 2. The van der Waals surface area contributed by atoms with Crippen LogP contribution in [0.4, 0.5) is 0 Å². The van der Waals surface area contributed by atoms with Crippen molar-refractivity contribution in [3.63, 3.8) is 0 Å². The maximum Gasteiger partial charge on any atom is 0.165 e. The van der Waals surface area contributed by atoms with Gasteiger partial charge in [0, 0.05) is 36.8 Å². The minimum absolute atomic E-state index is 0.187. The molecule has 2 aromatic carbocycles. The normalized spacial score (nSPS) is 20.8. The maximum absolute atomic E-state index is 10.5. The van der Waals surface area contributed by atoms with Crippen molar-refractivity contribution < 1.29 is 14.6 Å². The Hall–Kier alpha value is -1.75. The molecular weight excluding hydrogens is 338 g/mol. The van der Waals surface area contributed by atoms with Gasteiger partial charge in [0.05, 0.1) is 6.10 Å². The zero-order chi connectivity index (χ0) is 17.2. The van der Waals surface area contributed by atoms with Crippen molar-refractivity contribution in [1.29, 1.82) is 0 Å². The summed E-state index contributed by atoms with van der Waals surface area (Å²) in [5.41, 5.74) is 2.94. The summed E-state index contributed by atoms with van der Waals surface area (Å²) < 4.78 is 11.6. The van der Waals surface area contributed by atoms with Crippen LogP contribution < -0.4 is 4.74 Å². The molecule has 132 valence electrons. The molecule has 0 amide bonds. The molecule has 0 saturated carbocycles. The third-order valence-electron chi connectivity index (χ3n) is 4.84. The molecule has 0 radical (unpaired) electrons. The summed E-state index contributed by atoms with van der Waals surface area (Å²) in [5, 5.41) is 11.1. The largest absolute Gasteiger partial charge is 0.504 e. The minimum atomic E-state index is 0.187. The maximum atomic E-state index is 10.5. The van der Waals surface area contributed by atoms with Crippen LogP contribution in [0.2, 0.25) is 5.02 Å². The highest BCUT2D eigenvalue weighted by molar-refractivity contribution is 6.30. The smallest absolute Gasteiger partial charge is 0.165 e. The summed E-state index contributed by atoms with van der Waals surface area (Å²) in [6.07, 6.45) is 2.58. The molecule has 0 unspecified atom stereocenters. The first-order chi connectivity index (χ1) is 12.2. The lowest BCUT2D eigenvalue weighted by Crippen LogP contribution is -2.33. The minimum Gasteiger partial charge on any atom is -0.504 e. The number of aromatic hydroxyl groups is 1. The van der Waals surface area contributed by atoms with Gasteiger partial charge in [0.15, 0.2) is 11.5 Å². The molecule has 1 N–H and O–H groups in total. The fourth-order valence-electron chi connectivity index (χ4n) is 3.62. The predicted molar refractivity (Wildman–Crippen MR) is 98.3 cm³/mol. The number of hydrogen-bond acceptors (Lipinski definition) is 4. The third-order valence-corrected chi connectivity index (χ3v) is 5.07. The molecule has 2 aliphatic heterocycles. The van der Waals surface area contributed by atoms with E-state index in [-0.39, 0.29) is 5.75 Å². The second-order valence-corrected chi connectivity index (χ2v) is 7.15. The van der Waals surface area contributed by atoms with Crippen LogP contribution in [0.15, 0.2) is 36.4 Å². The SMILES string of the molecule is Oc1cc(-c2cccc(Cl)c2)cc2c1OCCN(C[C@@H]1CCCO1)C2. The average molecular weight is 360 g/mol. The number of fused-ring (bicyclic) bond motifs is 1. The summed E-state index contributed by atoms with van der Waals surface area (Å²) >= 11 is 6.11. The van der Waals surface area contributed by atoms with E-state index in [1.807, 2.05) is 24.3 Å². The van der Waals surface area contributed by atoms with Gasteiger partial charge < -0.3 is 14.6 Å². The van der Waals surface area contributed by atoms with E-state index < -0.39 is 0 Å². The van der Waals surface area contributed by atoms with Gasteiger partial charge in [-0.1, -0.05) is 23.7 Å². The van der Waals surface area contributed by atoms with E-state index in [1.165, 1.54) is 0 Å². The molecule has 0 spiro atoms. The van der Waals surface area contributed by atoms with Crippen molar-refractivity contribution in [1.82, 2.24) is 4.90 Å². The Morgan fingerprint density at radius 3 is 2.88 bits per heavy atom. The molecule has 2 aliphatic rings. The second-order valence-electron chi connectivity index (χ2n) is 6.71. The molecule has 4 nitrogen and oxygen atoms in total. The zero-order valence-corrected chi connectivity index (χ0v) is 14.8. The summed E-state index contributed by atoms with van der Waals surface area (Å²) in [6, 6.07) is 11.5. The first-order valence-corrected chi connectivity index (χ1v) is 9.15. The Morgan fingerprint density at radius 2 is 2.08 bits per heavy atom. The number of ether oxygens (including phenoxy) is 2. The van der Waals surface area contributed by atoms with Gasteiger partial charge >= 0.3 is 0 Å². The van der Waals surface area contributed by atoms with E-state index in [1.54, 1.807) is 6.07 Å². The van der Waals surface area contributed by atoms with Crippen molar-refractivity contribution in [3.8, 4) is 22.6 Å². The Balaban J connectivity index is 1.62. The van der Waals surface area contributed by atoms with E-state index in [0.29, 0.717) is 23.5 Å². The highest BCUT2D eigenvalue weighted by atomic mass is 35.5. The molecule has 0 aromatic heterocycles. The van der Waals surface area contributed by atoms with Crippen LogP contribution in [0, 0.1) is 0 Å². The first-order valence-electron chi connectivity index (χ1n) is 8.77. The Kier molecular flexibility index (Phi) is 4.84. The van der Waals surface area contributed by atoms with Crippen molar-refractivity contribution >= 4 is 11.6 Å². The van der Waals surface area contributed by atoms with Crippen LogP contribution in [0.25, 0.3) is 11.1 Å². The average Bonchev–Trinajstić information content (AvgIpc) is 3.01. The second kappa shape index (κ2) is 7.24. The topological polar surface area (TPSA) is 41.9 Å². The standard InChI is InChI=1S/C20H22ClNO3/c21-17-4-1-3-14(10-17)15-9-16-12-22(13-18-5-2-7-24-18)6-8-25-20(16)19(23)11-15/h1,3-4,9-11,18,23H,2,5-8,12-13H2/t18-/m0/s1. The van der Waals surface area contributed by atoms with E-state index >= 15 is 0 Å². The third kappa shape index (κ3) is 3.76. The Bertz CT molecular complexity index is 759. The van der Waals surface area contributed by atoms with Crippen LogP contribution in [0.1, 0.15) is 18.4 Å². The Labute approximate surface area is 152 Å². The first kappa shape index (κ1) is 16.7. The van der Waals surface area contributed by atoms with E-state index in [0.717, 1.165) is 55.8 Å². The predicted octanol–water partition coefficient (Wildman–Crippen LogP) is 4.09. The fraction of sp³-hybridized carbons (Fsp3) is 0.400. The molecule has 1 fully saturated rings. The van der Waals surface area contributed by atoms with Gasteiger partial charge in [0.1, 0.15) is 6.61 Å². The fourth-order valence-corrected chi connectivity index (χ4v) is 3.81. The molecule has 4 rings (SSSR count). The lowest BCUT2D eigenvalue weighted by molar-refractivity contribution is 0.0687. The van der Waals surface area contributed by atoms with Gasteiger partial charge in [-0.2, -0.15) is 0 Å². The summed E-state index contributed by atoms with van der Waals surface area (Å²) in [4.78, 5) is 2.35. The van der Waals surface area contributed by atoms with Crippen LogP contribution in [0.5, 0.6) is 11.5 Å². The van der Waals surface area contributed by atoms with Gasteiger partial charge in [0.25, 0.3) is 0 Å². The van der Waals surface area contributed by atoms with Crippen molar-refractivity contribution in [2.24, 2.45) is 0 Å². The lowest BCUT2D eigenvalue weighted by Gasteiger charge is -2.22. The number of phenolic OH excluding ortho intramolecular Hbond substituents is 1. The molecule has 0 bridgehead atoms. The Morgan fingerprint density at radius 1 is 1.16 bits per heavy atom. The van der Waals surface area contributed by atoms with Gasteiger partial charge in [0.2, 0.25) is 0 Å². The highest BCUT2D eigenvalue weighted by Crippen LogP contribution is 2.38. The van der Waals surface area contributed by atoms with Crippen LogP contribution in [0.3, 0.4) is 0 Å². The van der Waals surface area contributed by atoms with Crippen LogP contribution in [-0.4, -0.2) is 42.4 Å². The highest BCUT2D eigenvalue weighted by Gasteiger charge is 2.24. The van der Waals surface area contributed by atoms with Crippen molar-refractivity contribution in [3.05, 3.63) is 47.0 Å². The number of phenols is 1. The molecule has 0 aliphatic carbocycles. The summed E-state index contributed by atoms with van der Waals surface area (Å²) in [5.74, 6) is 0.784. The molecular formula is C20H22ClNO3. The monoisotopic (exact) mass is 359 g/mol. The number of nitrogens with zero attached hydrogens (tertiary/aromatic N) is 1. The van der Waals surface area contributed by atoms with E-state index in [9.17, 15) is 5.11 Å².